The van der Waals surface area contributed by atoms with Crippen LogP contribution in [0.1, 0.15) is 52.7 Å². The molecule has 2 aliphatic carbocycles. The summed E-state index contributed by atoms with van der Waals surface area (Å²) in [5.74, 6) is -0.336. The summed E-state index contributed by atoms with van der Waals surface area (Å²) in [4.78, 5) is 28.0. The van der Waals surface area contributed by atoms with Gasteiger partial charge in [-0.3, -0.25) is 14.7 Å². The van der Waals surface area contributed by atoms with E-state index in [1.807, 2.05) is 43.6 Å². The maximum absolute atomic E-state index is 13.2. The third-order valence-electron chi connectivity index (χ3n) is 8.97. The zero-order chi connectivity index (χ0) is 25.8. The summed E-state index contributed by atoms with van der Waals surface area (Å²) < 4.78 is 0. The first-order valence-electron chi connectivity index (χ1n) is 13.0. The third kappa shape index (κ3) is 3.69. The maximum atomic E-state index is 13.2. The second kappa shape index (κ2) is 8.82. The highest BCUT2D eigenvalue weighted by Gasteiger charge is 2.65. The van der Waals surface area contributed by atoms with Crippen molar-refractivity contribution in [3.63, 3.8) is 0 Å². The van der Waals surface area contributed by atoms with E-state index in [0.717, 1.165) is 28.8 Å². The standard InChI is InChI=1S/C29H32N4O4/c1-33-13-11-28-15-22(34)8-10-29(28,37)24(33)14-20-6-7-23(26(35)25(20)28)27(36)30-12-9-18-2-4-19(5-3-18)21-16-31-32-17-21/h2-7,16-17,24,35,37H,8-15H2,1H3,(H,30,36)(H,31,32)/t24-,28-,29-/m1/s1. The lowest BCUT2D eigenvalue weighted by Crippen LogP contribution is -2.72. The van der Waals surface area contributed by atoms with E-state index in [1.165, 1.54) is 0 Å². The summed E-state index contributed by atoms with van der Waals surface area (Å²) in [5, 5.41) is 33.2. The highest BCUT2D eigenvalue weighted by atomic mass is 16.3. The topological polar surface area (TPSA) is 119 Å². The third-order valence-corrected chi connectivity index (χ3v) is 8.97. The van der Waals surface area contributed by atoms with Gasteiger partial charge in [0.2, 0.25) is 0 Å². The Morgan fingerprint density at radius 1 is 1.19 bits per heavy atom. The Kier molecular flexibility index (Phi) is 5.69. The Labute approximate surface area is 215 Å². The largest absolute Gasteiger partial charge is 0.507 e. The number of aromatic hydroxyl groups is 1. The van der Waals surface area contributed by atoms with E-state index >= 15 is 0 Å². The van der Waals surface area contributed by atoms with Gasteiger partial charge in [-0.1, -0.05) is 30.3 Å². The number of hydrogen-bond acceptors (Lipinski definition) is 6. The number of likely N-dealkylation sites (tertiary alicyclic amines) is 1. The average Bonchev–Trinajstić information content (AvgIpc) is 3.42. The number of phenols is 1. The normalized spacial score (nSPS) is 26.9. The summed E-state index contributed by atoms with van der Waals surface area (Å²) in [6.07, 6.45) is 6.36. The lowest BCUT2D eigenvalue weighted by atomic mass is 9.49. The van der Waals surface area contributed by atoms with Crippen LogP contribution in [0.25, 0.3) is 11.1 Å². The highest BCUT2D eigenvalue weighted by Crippen LogP contribution is 2.59. The van der Waals surface area contributed by atoms with Crippen LogP contribution in [0.2, 0.25) is 0 Å². The first kappa shape index (κ1) is 23.9. The van der Waals surface area contributed by atoms with Crippen LogP contribution in [0.3, 0.4) is 0 Å². The minimum atomic E-state index is -1.10. The number of nitrogens with one attached hydrogen (secondary N) is 2. The van der Waals surface area contributed by atoms with E-state index in [1.54, 1.807) is 12.3 Å². The van der Waals surface area contributed by atoms with Crippen molar-refractivity contribution < 1.29 is 19.8 Å². The van der Waals surface area contributed by atoms with Crippen LogP contribution in [-0.2, 0) is 23.1 Å². The van der Waals surface area contributed by atoms with Gasteiger partial charge in [-0.05, 0) is 62.0 Å². The molecule has 1 saturated carbocycles. The van der Waals surface area contributed by atoms with Gasteiger partial charge in [-0.2, -0.15) is 5.10 Å². The van der Waals surface area contributed by atoms with Gasteiger partial charge in [0.25, 0.3) is 5.91 Å². The molecule has 1 aromatic heterocycles. The van der Waals surface area contributed by atoms with Gasteiger partial charge in [0.05, 0.1) is 17.4 Å². The number of phenolic OH excluding ortho intramolecular Hbond substituents is 1. The summed E-state index contributed by atoms with van der Waals surface area (Å²) in [6, 6.07) is 11.6. The number of aliphatic hydroxyl groups is 1. The summed E-state index contributed by atoms with van der Waals surface area (Å²) in [7, 11) is 2.01. The average molecular weight is 501 g/mol. The molecule has 0 spiro atoms. The number of benzene rings is 2. The number of piperidine rings is 1. The second-order valence-electron chi connectivity index (χ2n) is 10.9. The van der Waals surface area contributed by atoms with Gasteiger partial charge >= 0.3 is 0 Å². The van der Waals surface area contributed by atoms with E-state index in [0.29, 0.717) is 44.2 Å². The van der Waals surface area contributed by atoms with Gasteiger partial charge in [0, 0.05) is 48.2 Å². The molecule has 0 unspecified atom stereocenters. The molecule has 2 fully saturated rings. The van der Waals surface area contributed by atoms with Gasteiger partial charge in [0.1, 0.15) is 11.5 Å². The van der Waals surface area contributed by atoms with Crippen molar-refractivity contribution in [2.75, 3.05) is 20.1 Å². The van der Waals surface area contributed by atoms with Crippen LogP contribution < -0.4 is 5.32 Å². The van der Waals surface area contributed by atoms with Crippen LogP contribution >= 0.6 is 0 Å². The molecule has 3 atom stereocenters. The molecule has 6 rings (SSSR count). The van der Waals surface area contributed by atoms with E-state index in [4.69, 9.17) is 0 Å². The molecule has 4 N–H and O–H groups in total. The number of hydrogen-bond donors (Lipinski definition) is 4. The molecule has 1 aliphatic heterocycles. The molecular formula is C29H32N4O4. The fourth-order valence-corrected chi connectivity index (χ4v) is 7.00. The monoisotopic (exact) mass is 500 g/mol. The number of likely N-dealkylation sites (N-methyl/N-ethyl adjacent to an activating group) is 1. The lowest BCUT2D eigenvalue weighted by molar-refractivity contribution is -0.169. The van der Waals surface area contributed by atoms with Crippen LogP contribution in [-0.4, -0.2) is 68.8 Å². The number of rotatable bonds is 5. The quantitative estimate of drug-likeness (QED) is 0.428. The Morgan fingerprint density at radius 2 is 2.00 bits per heavy atom. The number of carbonyl (C=O) groups excluding carboxylic acids is 2. The number of fused-ring (bicyclic) bond motifs is 1. The molecule has 2 bridgehead atoms. The molecule has 2 heterocycles. The van der Waals surface area contributed by atoms with Crippen molar-refractivity contribution in [2.24, 2.45) is 0 Å². The van der Waals surface area contributed by atoms with Crippen molar-refractivity contribution in [1.29, 1.82) is 0 Å². The highest BCUT2D eigenvalue weighted by molar-refractivity contribution is 5.98. The number of nitrogens with zero attached hydrogens (tertiary/aromatic N) is 2. The number of aromatic amines is 1. The van der Waals surface area contributed by atoms with E-state index in [9.17, 15) is 19.8 Å². The number of Topliss-reactive ketones (excluding diaryl/α,β-unsaturated/α-hetero) is 1. The smallest absolute Gasteiger partial charge is 0.255 e. The zero-order valence-corrected chi connectivity index (χ0v) is 21.0. The number of ketones is 1. The number of amides is 1. The van der Waals surface area contributed by atoms with Crippen molar-refractivity contribution >= 4 is 11.7 Å². The second-order valence-corrected chi connectivity index (χ2v) is 10.9. The summed E-state index contributed by atoms with van der Waals surface area (Å²) in [5.41, 5.74) is 2.94. The predicted octanol–water partition coefficient (Wildman–Crippen LogP) is 2.74. The lowest BCUT2D eigenvalue weighted by Gasteiger charge is -2.62. The Balaban J connectivity index is 1.23. The van der Waals surface area contributed by atoms with Crippen molar-refractivity contribution in [3.8, 4) is 16.9 Å². The zero-order valence-electron chi connectivity index (χ0n) is 21.0. The van der Waals surface area contributed by atoms with Crippen molar-refractivity contribution in [2.45, 2.75) is 55.6 Å². The molecule has 8 nitrogen and oxygen atoms in total. The number of carbonyl (C=O) groups is 2. The van der Waals surface area contributed by atoms with Gasteiger partial charge < -0.3 is 20.4 Å². The minimum Gasteiger partial charge on any atom is -0.507 e. The van der Waals surface area contributed by atoms with Crippen molar-refractivity contribution in [3.05, 3.63) is 71.0 Å². The maximum Gasteiger partial charge on any atom is 0.255 e. The first-order chi connectivity index (χ1) is 17.8. The summed E-state index contributed by atoms with van der Waals surface area (Å²) >= 11 is 0. The van der Waals surface area contributed by atoms with E-state index in [-0.39, 0.29) is 35.5 Å². The van der Waals surface area contributed by atoms with Crippen LogP contribution in [0.5, 0.6) is 5.75 Å². The fourth-order valence-electron chi connectivity index (χ4n) is 7.00. The van der Waals surface area contributed by atoms with Gasteiger partial charge in [0.15, 0.2) is 0 Å². The van der Waals surface area contributed by atoms with Crippen LogP contribution in [0.4, 0.5) is 0 Å². The fraction of sp³-hybridized carbons (Fsp3) is 0.414. The molecule has 2 aromatic carbocycles. The molecule has 0 radical (unpaired) electrons. The van der Waals surface area contributed by atoms with E-state index in [2.05, 4.69) is 20.4 Å². The van der Waals surface area contributed by atoms with Crippen LogP contribution in [0.15, 0.2) is 48.8 Å². The molecule has 3 aliphatic rings. The number of H-pyrrole nitrogens is 1. The molecule has 192 valence electrons. The number of aromatic nitrogens is 2. The Hall–Kier alpha value is -3.49. The van der Waals surface area contributed by atoms with Crippen LogP contribution in [0, 0.1) is 0 Å². The molecule has 3 aromatic rings. The molecule has 1 saturated heterocycles. The van der Waals surface area contributed by atoms with Gasteiger partial charge in [-0.25, -0.2) is 0 Å². The Bertz CT molecular complexity index is 1350. The minimum absolute atomic E-state index is 0.0874. The van der Waals surface area contributed by atoms with E-state index < -0.39 is 11.0 Å². The summed E-state index contributed by atoms with van der Waals surface area (Å²) in [6.45, 7) is 1.15. The SMILES string of the molecule is CN1CC[C@]23CC(=O)CC[C@@]2(O)[C@H]1Cc1ccc(C(=O)NCCc2ccc(-c4cn[nH]c4)cc2)c(O)c13. The van der Waals surface area contributed by atoms with Crippen molar-refractivity contribution in [1.82, 2.24) is 20.4 Å². The molecule has 8 heteroatoms. The molecule has 1 amide bonds. The Morgan fingerprint density at radius 3 is 2.76 bits per heavy atom. The molecule has 37 heavy (non-hydrogen) atoms. The van der Waals surface area contributed by atoms with Gasteiger partial charge in [-0.15, -0.1) is 0 Å². The molecular weight excluding hydrogens is 468 g/mol. The first-order valence-corrected chi connectivity index (χ1v) is 13.0. The predicted molar refractivity (Wildman–Crippen MR) is 138 cm³/mol.